The molecule has 394 valence electrons. The molecule has 0 saturated carbocycles. The van der Waals surface area contributed by atoms with Crippen molar-refractivity contribution in [2.45, 2.75) is 277 Å². The zero-order valence-corrected chi connectivity index (χ0v) is 45.8. The van der Waals surface area contributed by atoms with Crippen LogP contribution in [0.2, 0.25) is 0 Å². The zero-order valence-electron chi connectivity index (χ0n) is 44.9. The van der Waals surface area contributed by atoms with Crippen LogP contribution in [0.15, 0.2) is 36.5 Å². The first kappa shape index (κ1) is 65.2. The summed E-state index contributed by atoms with van der Waals surface area (Å²) < 4.78 is 30.6. The van der Waals surface area contributed by atoms with E-state index in [1.165, 1.54) is 154 Å². The van der Waals surface area contributed by atoms with Gasteiger partial charge in [-0.3, -0.25) is 18.6 Å². The van der Waals surface area contributed by atoms with Crippen LogP contribution in [0.5, 0.6) is 0 Å². The summed E-state index contributed by atoms with van der Waals surface area (Å²) in [5.74, 6) is -0.511. The first-order valence-corrected chi connectivity index (χ1v) is 29.8. The third kappa shape index (κ3) is 49.0. The van der Waals surface area contributed by atoms with Crippen LogP contribution in [-0.4, -0.2) is 74.3 Å². The fourth-order valence-corrected chi connectivity index (χ4v) is 8.90. The van der Waals surface area contributed by atoms with Crippen molar-refractivity contribution in [2.24, 2.45) is 0 Å². The van der Waals surface area contributed by atoms with E-state index < -0.39 is 20.0 Å². The van der Waals surface area contributed by atoms with Gasteiger partial charge in [-0.1, -0.05) is 231 Å². The molecular weight excluding hydrogens is 856 g/mol. The number of unbranched alkanes of at least 4 members (excludes halogenated alkanes) is 32. The number of nitrogens with zero attached hydrogens (tertiary/aromatic N) is 1. The molecule has 0 fully saturated rings. The number of hydrogen-bond acceptors (Lipinski definition) is 6. The van der Waals surface area contributed by atoms with Crippen molar-refractivity contribution in [1.82, 2.24) is 5.32 Å². The van der Waals surface area contributed by atoms with Gasteiger partial charge in [0.15, 0.2) is 0 Å². The Hall–Kier alpha value is -1.77. The molecule has 0 heterocycles. The lowest BCUT2D eigenvalue weighted by Crippen LogP contribution is -2.47. The molecule has 9 nitrogen and oxygen atoms in total. The molecule has 0 aromatic rings. The Morgan fingerprint density at radius 2 is 0.896 bits per heavy atom. The summed E-state index contributed by atoms with van der Waals surface area (Å²) in [5, 5.41) is 3.04. The molecular formula is C57H110N2O7P+. The van der Waals surface area contributed by atoms with Crippen LogP contribution < -0.4 is 5.32 Å². The van der Waals surface area contributed by atoms with Gasteiger partial charge < -0.3 is 19.4 Å². The van der Waals surface area contributed by atoms with Gasteiger partial charge in [-0.05, 0) is 57.4 Å². The van der Waals surface area contributed by atoms with Gasteiger partial charge in [0, 0.05) is 12.8 Å². The minimum atomic E-state index is -4.44. The fourth-order valence-electron chi connectivity index (χ4n) is 8.17. The number of allylic oxidation sites excluding steroid dienone is 5. The van der Waals surface area contributed by atoms with Crippen LogP contribution >= 0.6 is 7.82 Å². The highest BCUT2D eigenvalue weighted by molar-refractivity contribution is 7.47. The normalized spacial score (nSPS) is 14.1. The van der Waals surface area contributed by atoms with Crippen LogP contribution in [0.4, 0.5) is 0 Å². The molecule has 0 aliphatic heterocycles. The van der Waals surface area contributed by atoms with Crippen LogP contribution in [0.3, 0.4) is 0 Å². The Morgan fingerprint density at radius 3 is 1.34 bits per heavy atom. The topological polar surface area (TPSA) is 111 Å². The lowest BCUT2D eigenvalue weighted by Gasteiger charge is -2.27. The average molecular weight is 966 g/mol. The highest BCUT2D eigenvalue weighted by atomic mass is 31.2. The molecule has 0 aliphatic rings. The van der Waals surface area contributed by atoms with Crippen molar-refractivity contribution in [3.8, 4) is 0 Å². The highest BCUT2D eigenvalue weighted by Gasteiger charge is 2.30. The van der Waals surface area contributed by atoms with Crippen LogP contribution in [0, 0.1) is 0 Å². The summed E-state index contributed by atoms with van der Waals surface area (Å²) in [6, 6.07) is -0.847. The van der Waals surface area contributed by atoms with Gasteiger partial charge in [0.1, 0.15) is 19.3 Å². The molecule has 0 aliphatic carbocycles. The number of rotatable bonds is 51. The summed E-state index contributed by atoms with van der Waals surface area (Å²) in [6.45, 7) is 6.98. The monoisotopic (exact) mass is 966 g/mol. The third-order valence-electron chi connectivity index (χ3n) is 12.6. The highest BCUT2D eigenvalue weighted by Crippen LogP contribution is 2.43. The van der Waals surface area contributed by atoms with Crippen LogP contribution in [0.1, 0.15) is 265 Å². The number of hydrogen-bond donors (Lipinski definition) is 2. The van der Waals surface area contributed by atoms with Crippen molar-refractivity contribution in [3.05, 3.63) is 36.5 Å². The van der Waals surface area contributed by atoms with E-state index in [1.807, 2.05) is 33.3 Å². The van der Waals surface area contributed by atoms with Crippen LogP contribution in [-0.2, 0) is 27.9 Å². The standard InChI is InChI=1S/C57H109N2O7P/c1-7-10-13-16-19-22-25-27-29-31-34-37-40-43-46-49-56(60)58-54(53-65-67(62,63)64-52-51-59(4,5)6)55(48-45-42-39-36-33-24-21-18-15-12-9-3)66-57(61)50-47-44-41-38-35-32-30-28-26-23-20-17-14-11-8-2/h20,23,26,28,45,48,54-55H,7-19,21-22,24-25,27,29-44,46-47,49-53H2,1-6H3,(H-,58,60,62,63)/p+1/b23-20+,28-26+,48-45+. The Balaban J connectivity index is 5.34. The molecule has 0 aromatic heterocycles. The quantitative estimate of drug-likeness (QED) is 0.0156. The van der Waals surface area contributed by atoms with E-state index in [4.69, 9.17) is 13.8 Å². The predicted molar refractivity (Wildman–Crippen MR) is 286 cm³/mol. The average Bonchev–Trinajstić information content (AvgIpc) is 3.28. The first-order chi connectivity index (χ1) is 32.4. The maximum atomic E-state index is 13.5. The number of quaternary nitrogens is 1. The number of esters is 1. The van der Waals surface area contributed by atoms with Gasteiger partial charge >= 0.3 is 13.8 Å². The van der Waals surface area contributed by atoms with E-state index in [0.717, 1.165) is 77.0 Å². The molecule has 10 heteroatoms. The van der Waals surface area contributed by atoms with Crippen molar-refractivity contribution >= 4 is 19.7 Å². The second-order valence-electron chi connectivity index (χ2n) is 20.5. The summed E-state index contributed by atoms with van der Waals surface area (Å²) >= 11 is 0. The Labute approximate surface area is 415 Å². The molecule has 0 aromatic carbocycles. The molecule has 2 N–H and O–H groups in total. The molecule has 0 bridgehead atoms. The van der Waals surface area contributed by atoms with Gasteiger partial charge in [0.25, 0.3) is 0 Å². The number of ether oxygens (including phenoxy) is 1. The molecule has 0 spiro atoms. The number of carbonyl (C=O) groups is 2. The predicted octanol–water partition coefficient (Wildman–Crippen LogP) is 16.8. The number of phosphoric ester groups is 1. The van der Waals surface area contributed by atoms with Crippen molar-refractivity contribution in [2.75, 3.05) is 40.9 Å². The maximum Gasteiger partial charge on any atom is 0.472 e. The van der Waals surface area contributed by atoms with Gasteiger partial charge in [-0.25, -0.2) is 4.57 Å². The maximum absolute atomic E-state index is 13.5. The number of nitrogens with one attached hydrogen (secondary N) is 1. The molecule has 1 amide bonds. The Kier molecular flexibility index (Phi) is 46.6. The first-order valence-electron chi connectivity index (χ1n) is 28.3. The minimum absolute atomic E-state index is 0.0401. The van der Waals surface area contributed by atoms with Gasteiger partial charge in [0.05, 0.1) is 33.8 Å². The number of carbonyl (C=O) groups excluding carboxylic acids is 2. The van der Waals surface area contributed by atoms with E-state index in [-0.39, 0.29) is 31.5 Å². The lowest BCUT2D eigenvalue weighted by molar-refractivity contribution is -0.870. The summed E-state index contributed by atoms with van der Waals surface area (Å²) in [7, 11) is 1.50. The zero-order chi connectivity index (χ0) is 49.4. The van der Waals surface area contributed by atoms with E-state index in [2.05, 4.69) is 50.4 Å². The second-order valence-corrected chi connectivity index (χ2v) is 22.0. The molecule has 0 rings (SSSR count). The summed E-state index contributed by atoms with van der Waals surface area (Å²) in [4.78, 5) is 37.5. The van der Waals surface area contributed by atoms with Crippen molar-refractivity contribution in [1.29, 1.82) is 0 Å². The third-order valence-corrected chi connectivity index (χ3v) is 13.6. The Bertz CT molecular complexity index is 1250. The molecule has 67 heavy (non-hydrogen) atoms. The van der Waals surface area contributed by atoms with E-state index >= 15 is 0 Å². The molecule has 0 saturated heterocycles. The van der Waals surface area contributed by atoms with Gasteiger partial charge in [0.2, 0.25) is 5.91 Å². The SMILES string of the molecule is CCCCC/C=C/C=C/CCCCCCCCC(=O)OC(/C=C/CCCCCCCCCCC)C(COP(=O)(O)OCC[N+](C)(C)C)NC(=O)CCCCCCCCCCCCCCCCC. The summed E-state index contributed by atoms with van der Waals surface area (Å²) in [5.41, 5.74) is 0. The second kappa shape index (κ2) is 47.9. The minimum Gasteiger partial charge on any atom is -0.456 e. The van der Waals surface area contributed by atoms with Crippen molar-refractivity contribution in [3.63, 3.8) is 0 Å². The van der Waals surface area contributed by atoms with E-state index in [1.54, 1.807) is 0 Å². The molecule has 3 unspecified atom stereocenters. The van der Waals surface area contributed by atoms with Crippen molar-refractivity contribution < 1.29 is 37.3 Å². The van der Waals surface area contributed by atoms with Gasteiger partial charge in [-0.15, -0.1) is 0 Å². The van der Waals surface area contributed by atoms with Gasteiger partial charge in [-0.2, -0.15) is 0 Å². The molecule has 3 atom stereocenters. The lowest BCUT2D eigenvalue weighted by atomic mass is 10.0. The largest absolute Gasteiger partial charge is 0.472 e. The number of amides is 1. The summed E-state index contributed by atoms with van der Waals surface area (Å²) in [6.07, 6.45) is 55.6. The number of phosphoric acid groups is 1. The van der Waals surface area contributed by atoms with E-state index in [0.29, 0.717) is 17.4 Å². The Morgan fingerprint density at radius 1 is 0.522 bits per heavy atom. The van der Waals surface area contributed by atoms with E-state index in [9.17, 15) is 19.0 Å². The number of likely N-dealkylation sites (N-methyl/N-ethyl adjacent to an activating group) is 1. The molecule has 0 radical (unpaired) electrons. The fraction of sp³-hybridized carbons (Fsp3) is 0.860. The smallest absolute Gasteiger partial charge is 0.456 e. The van der Waals surface area contributed by atoms with Crippen LogP contribution in [0.25, 0.3) is 0 Å².